The molecule has 2 aliphatic heterocycles. The van der Waals surface area contributed by atoms with Gasteiger partial charge in [0, 0.05) is 30.8 Å². The molecule has 25 heavy (non-hydrogen) atoms. The smallest absolute Gasteiger partial charge is 0.409 e. The van der Waals surface area contributed by atoms with Crippen molar-refractivity contribution in [3.05, 3.63) is 35.4 Å². The average molecular weight is 343 g/mol. The van der Waals surface area contributed by atoms with Gasteiger partial charge in [0.15, 0.2) is 5.78 Å². The summed E-state index contributed by atoms with van der Waals surface area (Å²) in [5.74, 6) is 1.49. The van der Waals surface area contributed by atoms with Crippen molar-refractivity contribution < 1.29 is 14.3 Å². The molecule has 6 heteroatoms. The summed E-state index contributed by atoms with van der Waals surface area (Å²) in [6, 6.07) is 7.62. The Labute approximate surface area is 148 Å². The van der Waals surface area contributed by atoms with Crippen LogP contribution in [0.25, 0.3) is 0 Å². The molecular weight excluding hydrogens is 318 g/mol. The third kappa shape index (κ3) is 4.18. The number of carbonyl (C=O) groups is 2. The molecule has 0 spiro atoms. The second kappa shape index (κ2) is 8.14. The van der Waals surface area contributed by atoms with Crippen LogP contribution in [0, 0.1) is 5.92 Å². The van der Waals surface area contributed by atoms with E-state index >= 15 is 0 Å². The van der Waals surface area contributed by atoms with Crippen LogP contribution in [0.3, 0.4) is 0 Å². The van der Waals surface area contributed by atoms with E-state index in [4.69, 9.17) is 4.74 Å². The van der Waals surface area contributed by atoms with Gasteiger partial charge in [0.1, 0.15) is 12.4 Å². The highest BCUT2D eigenvalue weighted by atomic mass is 16.6. The summed E-state index contributed by atoms with van der Waals surface area (Å²) in [6.07, 6.45) is 2.84. The van der Waals surface area contributed by atoms with Gasteiger partial charge in [0.2, 0.25) is 0 Å². The Hall–Kier alpha value is -2.37. The molecule has 0 aromatic heterocycles. The number of amides is 1. The topological polar surface area (TPSA) is 71.0 Å². The van der Waals surface area contributed by atoms with Crippen LogP contribution in [0.1, 0.15) is 42.1 Å². The number of likely N-dealkylation sites (tertiary alicyclic amines) is 1. The Morgan fingerprint density at radius 2 is 2.00 bits per heavy atom. The molecule has 0 unspecified atom stereocenters. The van der Waals surface area contributed by atoms with Crippen LogP contribution in [0.2, 0.25) is 0 Å². The highest BCUT2D eigenvalue weighted by Gasteiger charge is 2.24. The van der Waals surface area contributed by atoms with Gasteiger partial charge in [-0.05, 0) is 32.1 Å². The molecule has 134 valence electrons. The lowest BCUT2D eigenvalue weighted by molar-refractivity contribution is 0.0910. The second-order valence-corrected chi connectivity index (χ2v) is 6.48. The van der Waals surface area contributed by atoms with E-state index in [1.54, 1.807) is 4.90 Å². The molecule has 1 aromatic carbocycles. The predicted molar refractivity (Wildman–Crippen MR) is 96.1 cm³/mol. The second-order valence-electron chi connectivity index (χ2n) is 6.48. The summed E-state index contributed by atoms with van der Waals surface area (Å²) in [5, 5.41) is 3.39. The van der Waals surface area contributed by atoms with E-state index in [-0.39, 0.29) is 18.4 Å². The maximum absolute atomic E-state index is 11.9. The molecule has 1 fully saturated rings. The van der Waals surface area contributed by atoms with E-state index in [1.807, 2.05) is 31.2 Å². The Morgan fingerprint density at radius 1 is 1.28 bits per heavy atom. The third-order valence-corrected chi connectivity index (χ3v) is 4.85. The van der Waals surface area contributed by atoms with Gasteiger partial charge in [-0.1, -0.05) is 24.3 Å². The number of hydrogen-bond donors (Lipinski definition) is 1. The number of fused-ring (bicyclic) bond motifs is 1. The zero-order valence-electron chi connectivity index (χ0n) is 14.7. The van der Waals surface area contributed by atoms with Crippen LogP contribution in [0.15, 0.2) is 29.3 Å². The number of aliphatic imine (C=N–C) groups is 1. The monoisotopic (exact) mass is 343 g/mol. The van der Waals surface area contributed by atoms with Crippen molar-refractivity contribution in [1.82, 2.24) is 10.2 Å². The summed E-state index contributed by atoms with van der Waals surface area (Å²) in [6.45, 7) is 4.83. The van der Waals surface area contributed by atoms with Crippen molar-refractivity contribution in [1.29, 1.82) is 0 Å². The molecular formula is C19H25N3O3. The fourth-order valence-electron chi connectivity index (χ4n) is 3.42. The minimum absolute atomic E-state index is 0.0764. The number of nitrogens with zero attached hydrogens (tertiary/aromatic N) is 2. The number of ketones is 1. The fourth-order valence-corrected chi connectivity index (χ4v) is 3.42. The molecule has 1 saturated heterocycles. The molecule has 0 saturated carbocycles. The van der Waals surface area contributed by atoms with E-state index in [2.05, 4.69) is 10.3 Å². The van der Waals surface area contributed by atoms with Crippen LogP contribution in [0.4, 0.5) is 4.79 Å². The van der Waals surface area contributed by atoms with Crippen LogP contribution >= 0.6 is 0 Å². The Balaban J connectivity index is 1.45. The summed E-state index contributed by atoms with van der Waals surface area (Å²) in [5.41, 5.74) is 1.65. The lowest BCUT2D eigenvalue weighted by Crippen LogP contribution is -2.39. The Kier molecular flexibility index (Phi) is 5.68. The fraction of sp³-hybridized carbons (Fsp3) is 0.526. The predicted octanol–water partition coefficient (Wildman–Crippen LogP) is 2.48. The summed E-state index contributed by atoms with van der Waals surface area (Å²) in [7, 11) is 0. The molecule has 0 atom stereocenters. The molecule has 0 bridgehead atoms. The van der Waals surface area contributed by atoms with Gasteiger partial charge in [0.25, 0.3) is 0 Å². The molecule has 1 N–H and O–H groups in total. The molecule has 2 heterocycles. The number of carbonyl (C=O) groups excluding carboxylic acids is 2. The first-order valence-electron chi connectivity index (χ1n) is 9.01. The number of hydrogen-bond acceptors (Lipinski definition) is 5. The highest BCUT2D eigenvalue weighted by Crippen LogP contribution is 2.21. The Bertz CT molecular complexity index is 664. The number of Topliss-reactive ketones (excluding diaryl/α,β-unsaturated/α-hetero) is 1. The van der Waals surface area contributed by atoms with E-state index in [0.717, 1.165) is 55.9 Å². The van der Waals surface area contributed by atoms with E-state index in [0.29, 0.717) is 12.5 Å². The SMILES string of the molecule is CCOC(=O)N1CCC(CCNC2=NCC(=O)c3ccccc32)CC1. The van der Waals surface area contributed by atoms with Gasteiger partial charge >= 0.3 is 6.09 Å². The first kappa shape index (κ1) is 17.5. The molecule has 2 aliphatic rings. The molecule has 0 radical (unpaired) electrons. The molecule has 0 aliphatic carbocycles. The van der Waals surface area contributed by atoms with Gasteiger partial charge in [-0.25, -0.2) is 4.79 Å². The van der Waals surface area contributed by atoms with Crippen molar-refractivity contribution in [2.75, 3.05) is 32.8 Å². The van der Waals surface area contributed by atoms with Crippen LogP contribution in [-0.4, -0.2) is 55.4 Å². The van der Waals surface area contributed by atoms with E-state index < -0.39 is 0 Å². The zero-order chi connectivity index (χ0) is 17.6. The number of amidine groups is 1. The van der Waals surface area contributed by atoms with Crippen molar-refractivity contribution >= 4 is 17.7 Å². The Morgan fingerprint density at radius 3 is 2.72 bits per heavy atom. The van der Waals surface area contributed by atoms with Gasteiger partial charge in [0.05, 0.1) is 6.61 Å². The quantitative estimate of drug-likeness (QED) is 0.912. The van der Waals surface area contributed by atoms with Gasteiger partial charge < -0.3 is 15.0 Å². The minimum atomic E-state index is -0.197. The zero-order valence-corrected chi connectivity index (χ0v) is 14.7. The van der Waals surface area contributed by atoms with Crippen molar-refractivity contribution in [2.45, 2.75) is 26.2 Å². The summed E-state index contributed by atoms with van der Waals surface area (Å²) >= 11 is 0. The largest absolute Gasteiger partial charge is 0.450 e. The van der Waals surface area contributed by atoms with Gasteiger partial charge in [-0.2, -0.15) is 0 Å². The first-order chi connectivity index (χ1) is 12.2. The van der Waals surface area contributed by atoms with Crippen LogP contribution in [0.5, 0.6) is 0 Å². The molecule has 1 amide bonds. The summed E-state index contributed by atoms with van der Waals surface area (Å²) < 4.78 is 5.05. The van der Waals surface area contributed by atoms with Crippen molar-refractivity contribution in [3.8, 4) is 0 Å². The first-order valence-corrected chi connectivity index (χ1v) is 9.01. The highest BCUT2D eigenvalue weighted by molar-refractivity contribution is 6.14. The van der Waals surface area contributed by atoms with E-state index in [9.17, 15) is 9.59 Å². The number of nitrogens with one attached hydrogen (secondary N) is 1. The van der Waals surface area contributed by atoms with Crippen LogP contribution < -0.4 is 5.32 Å². The average Bonchev–Trinajstić information content (AvgIpc) is 2.64. The van der Waals surface area contributed by atoms with Crippen LogP contribution in [-0.2, 0) is 4.74 Å². The minimum Gasteiger partial charge on any atom is -0.450 e. The number of benzene rings is 1. The molecule has 3 rings (SSSR count). The number of piperidine rings is 1. The third-order valence-electron chi connectivity index (χ3n) is 4.85. The number of rotatable bonds is 4. The maximum atomic E-state index is 11.9. The number of ether oxygens (including phenoxy) is 1. The lowest BCUT2D eigenvalue weighted by atomic mass is 9.93. The molecule has 1 aromatic rings. The van der Waals surface area contributed by atoms with Crippen molar-refractivity contribution in [2.24, 2.45) is 10.9 Å². The normalized spacial score (nSPS) is 17.7. The summed E-state index contributed by atoms with van der Waals surface area (Å²) in [4.78, 5) is 29.8. The lowest BCUT2D eigenvalue weighted by Gasteiger charge is -2.31. The maximum Gasteiger partial charge on any atom is 0.409 e. The van der Waals surface area contributed by atoms with Gasteiger partial charge in [-0.15, -0.1) is 0 Å². The van der Waals surface area contributed by atoms with Crippen molar-refractivity contribution in [3.63, 3.8) is 0 Å². The van der Waals surface area contributed by atoms with E-state index in [1.165, 1.54) is 0 Å². The van der Waals surface area contributed by atoms with Gasteiger partial charge in [-0.3, -0.25) is 9.79 Å². The molecule has 6 nitrogen and oxygen atoms in total. The standard InChI is InChI=1S/C19H25N3O3/c1-2-25-19(24)22-11-8-14(9-12-22)7-10-20-18-16-6-4-3-5-15(16)17(23)13-21-18/h3-6,14H,2,7-13H2,1H3,(H,20,21).